The van der Waals surface area contributed by atoms with Crippen LogP contribution in [0.3, 0.4) is 0 Å². The molecule has 1 N–H and O–H groups in total. The molecule has 0 bridgehead atoms. The Labute approximate surface area is 122 Å². The minimum atomic E-state index is -0.403. The SMILES string of the molecule is Cc1cc(F)ccc1CNCCc1ccc([N+](=O)[O-])cc1. The van der Waals surface area contributed by atoms with Gasteiger partial charge in [-0.2, -0.15) is 0 Å². The Morgan fingerprint density at radius 3 is 2.52 bits per heavy atom. The summed E-state index contributed by atoms with van der Waals surface area (Å²) in [5.41, 5.74) is 3.15. The van der Waals surface area contributed by atoms with E-state index in [0.29, 0.717) is 6.54 Å². The summed E-state index contributed by atoms with van der Waals surface area (Å²) in [6.45, 7) is 3.32. The molecule has 0 aliphatic heterocycles. The maximum Gasteiger partial charge on any atom is 0.269 e. The fourth-order valence-corrected chi connectivity index (χ4v) is 2.10. The maximum atomic E-state index is 13.0. The van der Waals surface area contributed by atoms with E-state index in [4.69, 9.17) is 0 Å². The monoisotopic (exact) mass is 288 g/mol. The normalized spacial score (nSPS) is 10.6. The zero-order valence-electron chi connectivity index (χ0n) is 11.8. The van der Waals surface area contributed by atoms with Gasteiger partial charge in [0.05, 0.1) is 4.92 Å². The van der Waals surface area contributed by atoms with Gasteiger partial charge < -0.3 is 5.32 Å². The van der Waals surface area contributed by atoms with Crippen molar-refractivity contribution >= 4 is 5.69 Å². The number of non-ortho nitro benzene ring substituents is 1. The van der Waals surface area contributed by atoms with Gasteiger partial charge >= 0.3 is 0 Å². The lowest BCUT2D eigenvalue weighted by atomic mass is 10.1. The van der Waals surface area contributed by atoms with E-state index in [0.717, 1.165) is 29.7 Å². The van der Waals surface area contributed by atoms with Crippen molar-refractivity contribution in [3.05, 3.63) is 75.1 Å². The van der Waals surface area contributed by atoms with E-state index < -0.39 is 4.92 Å². The Morgan fingerprint density at radius 1 is 1.19 bits per heavy atom. The number of hydrogen-bond donors (Lipinski definition) is 1. The van der Waals surface area contributed by atoms with Gasteiger partial charge in [0.2, 0.25) is 0 Å². The highest BCUT2D eigenvalue weighted by atomic mass is 19.1. The lowest BCUT2D eigenvalue weighted by Crippen LogP contribution is -2.17. The first kappa shape index (κ1) is 15.1. The second-order valence-corrected chi connectivity index (χ2v) is 4.92. The average molecular weight is 288 g/mol. The highest BCUT2D eigenvalue weighted by Crippen LogP contribution is 2.12. The van der Waals surface area contributed by atoms with E-state index in [1.807, 2.05) is 6.92 Å². The summed E-state index contributed by atoms with van der Waals surface area (Å²) in [6, 6.07) is 11.3. The number of hydrogen-bond acceptors (Lipinski definition) is 3. The van der Waals surface area contributed by atoms with E-state index in [1.165, 1.54) is 24.3 Å². The molecule has 0 unspecified atom stereocenters. The third-order valence-electron chi connectivity index (χ3n) is 3.36. The molecule has 0 saturated carbocycles. The molecule has 0 atom stereocenters. The Kier molecular flexibility index (Phi) is 5.00. The third kappa shape index (κ3) is 4.36. The van der Waals surface area contributed by atoms with Crippen molar-refractivity contribution in [2.75, 3.05) is 6.54 Å². The van der Waals surface area contributed by atoms with Crippen molar-refractivity contribution in [3.63, 3.8) is 0 Å². The standard InChI is InChI=1S/C16H17FN2O2/c1-12-10-15(17)5-4-14(12)11-18-9-8-13-2-6-16(7-3-13)19(20)21/h2-7,10,18H,8-9,11H2,1H3. The molecular formula is C16H17FN2O2. The summed E-state index contributed by atoms with van der Waals surface area (Å²) >= 11 is 0. The van der Waals surface area contributed by atoms with Crippen LogP contribution in [0.5, 0.6) is 0 Å². The minimum Gasteiger partial charge on any atom is -0.312 e. The first-order valence-corrected chi connectivity index (χ1v) is 6.75. The highest BCUT2D eigenvalue weighted by Gasteiger charge is 2.04. The maximum absolute atomic E-state index is 13.0. The van der Waals surface area contributed by atoms with Crippen molar-refractivity contribution in [2.24, 2.45) is 0 Å². The van der Waals surface area contributed by atoms with Crippen LogP contribution in [0.15, 0.2) is 42.5 Å². The van der Waals surface area contributed by atoms with Gasteiger partial charge in [-0.1, -0.05) is 18.2 Å². The third-order valence-corrected chi connectivity index (χ3v) is 3.36. The molecule has 0 aliphatic rings. The number of nitro groups is 1. The molecule has 2 aromatic rings. The Balaban J connectivity index is 1.80. The van der Waals surface area contributed by atoms with Crippen molar-refractivity contribution in [1.82, 2.24) is 5.32 Å². The topological polar surface area (TPSA) is 55.2 Å². The Morgan fingerprint density at radius 2 is 1.90 bits per heavy atom. The molecular weight excluding hydrogens is 271 g/mol. The van der Waals surface area contributed by atoms with Crippen molar-refractivity contribution in [1.29, 1.82) is 0 Å². The number of aryl methyl sites for hydroxylation is 1. The number of benzene rings is 2. The molecule has 110 valence electrons. The van der Waals surface area contributed by atoms with E-state index in [9.17, 15) is 14.5 Å². The molecule has 2 rings (SSSR count). The van der Waals surface area contributed by atoms with Crippen LogP contribution in [-0.2, 0) is 13.0 Å². The molecule has 0 heterocycles. The molecule has 0 spiro atoms. The van der Waals surface area contributed by atoms with Gasteiger partial charge in [-0.15, -0.1) is 0 Å². The van der Waals surface area contributed by atoms with E-state index >= 15 is 0 Å². The molecule has 0 saturated heterocycles. The molecule has 5 heteroatoms. The molecule has 0 radical (unpaired) electrons. The molecule has 0 fully saturated rings. The second-order valence-electron chi connectivity index (χ2n) is 4.92. The van der Waals surface area contributed by atoms with Gasteiger partial charge in [0.1, 0.15) is 5.82 Å². The zero-order valence-corrected chi connectivity index (χ0v) is 11.8. The van der Waals surface area contributed by atoms with Gasteiger partial charge in [-0.25, -0.2) is 4.39 Å². The molecule has 0 aliphatic carbocycles. The fourth-order valence-electron chi connectivity index (χ4n) is 2.10. The summed E-state index contributed by atoms with van der Waals surface area (Å²) in [5, 5.41) is 13.8. The summed E-state index contributed by atoms with van der Waals surface area (Å²) in [5.74, 6) is -0.220. The lowest BCUT2D eigenvalue weighted by Gasteiger charge is -2.08. The van der Waals surface area contributed by atoms with Gasteiger partial charge in [-0.3, -0.25) is 10.1 Å². The molecule has 21 heavy (non-hydrogen) atoms. The predicted molar refractivity (Wildman–Crippen MR) is 79.6 cm³/mol. The van der Waals surface area contributed by atoms with Crippen LogP contribution in [0.1, 0.15) is 16.7 Å². The fraction of sp³-hybridized carbons (Fsp3) is 0.250. The highest BCUT2D eigenvalue weighted by molar-refractivity contribution is 5.33. The van der Waals surface area contributed by atoms with Gasteiger partial charge in [0.25, 0.3) is 5.69 Å². The first-order valence-electron chi connectivity index (χ1n) is 6.75. The minimum absolute atomic E-state index is 0.105. The molecule has 4 nitrogen and oxygen atoms in total. The van der Waals surface area contributed by atoms with Gasteiger partial charge in [0, 0.05) is 18.7 Å². The van der Waals surface area contributed by atoms with Crippen molar-refractivity contribution in [3.8, 4) is 0 Å². The van der Waals surface area contributed by atoms with Crippen LogP contribution in [0.2, 0.25) is 0 Å². The molecule has 0 amide bonds. The van der Waals surface area contributed by atoms with E-state index in [-0.39, 0.29) is 11.5 Å². The summed E-state index contributed by atoms with van der Waals surface area (Å²) < 4.78 is 13.0. The largest absolute Gasteiger partial charge is 0.312 e. The number of nitro benzene ring substituents is 1. The summed E-state index contributed by atoms with van der Waals surface area (Å²) in [7, 11) is 0. The van der Waals surface area contributed by atoms with Gasteiger partial charge in [0.15, 0.2) is 0 Å². The van der Waals surface area contributed by atoms with Crippen LogP contribution in [0.25, 0.3) is 0 Å². The van der Waals surface area contributed by atoms with Crippen molar-refractivity contribution in [2.45, 2.75) is 19.9 Å². The van der Waals surface area contributed by atoms with Crippen molar-refractivity contribution < 1.29 is 9.31 Å². The van der Waals surface area contributed by atoms with Crippen LogP contribution in [0, 0.1) is 22.9 Å². The average Bonchev–Trinajstić information content (AvgIpc) is 2.46. The Bertz CT molecular complexity index is 627. The molecule has 2 aromatic carbocycles. The summed E-state index contributed by atoms with van der Waals surface area (Å²) in [4.78, 5) is 10.1. The summed E-state index contributed by atoms with van der Waals surface area (Å²) in [6.07, 6.45) is 0.790. The van der Waals surface area contributed by atoms with E-state index in [1.54, 1.807) is 18.2 Å². The van der Waals surface area contributed by atoms with Crippen LogP contribution in [0.4, 0.5) is 10.1 Å². The number of nitrogens with one attached hydrogen (secondary N) is 1. The first-order chi connectivity index (χ1) is 10.1. The Hall–Kier alpha value is -2.27. The number of nitrogens with zero attached hydrogens (tertiary/aromatic N) is 1. The van der Waals surface area contributed by atoms with Crippen LogP contribution < -0.4 is 5.32 Å². The van der Waals surface area contributed by atoms with Crippen LogP contribution in [-0.4, -0.2) is 11.5 Å². The van der Waals surface area contributed by atoms with Gasteiger partial charge in [-0.05, 0) is 48.7 Å². The number of halogens is 1. The lowest BCUT2D eigenvalue weighted by molar-refractivity contribution is -0.384. The quantitative estimate of drug-likeness (QED) is 0.503. The number of rotatable bonds is 6. The zero-order chi connectivity index (χ0) is 15.2. The molecule has 0 aromatic heterocycles. The smallest absolute Gasteiger partial charge is 0.269 e. The van der Waals surface area contributed by atoms with E-state index in [2.05, 4.69) is 5.32 Å². The van der Waals surface area contributed by atoms with Crippen LogP contribution >= 0.6 is 0 Å². The second kappa shape index (κ2) is 6.95. The predicted octanol–water partition coefficient (Wildman–Crippen LogP) is 3.37.